The summed E-state index contributed by atoms with van der Waals surface area (Å²) in [5, 5.41) is 16.8. The Morgan fingerprint density at radius 3 is 1.33 bits per heavy atom. The Hall–Kier alpha value is -3.28. The topological polar surface area (TPSA) is 61.4 Å². The van der Waals surface area contributed by atoms with Crippen molar-refractivity contribution in [2.45, 2.75) is 34.1 Å². The Bertz CT molecular complexity index is 1060. The molecule has 0 N–H and O–H groups in total. The van der Waals surface area contributed by atoms with E-state index in [4.69, 9.17) is 0 Å². The predicted molar refractivity (Wildman–Crippen MR) is 103 cm³/mol. The highest BCUT2D eigenvalue weighted by Gasteiger charge is 2.21. The largest absolute Gasteiger partial charge is 0.283 e. The van der Waals surface area contributed by atoms with Crippen LogP contribution in [-0.2, 0) is 6.42 Å². The van der Waals surface area contributed by atoms with Gasteiger partial charge in [0, 0.05) is 11.4 Å². The third-order valence-electron chi connectivity index (χ3n) is 5.35. The van der Waals surface area contributed by atoms with Crippen molar-refractivity contribution in [1.82, 2.24) is 29.5 Å². The molecule has 27 heavy (non-hydrogen) atoms. The van der Waals surface area contributed by atoms with Gasteiger partial charge in [-0.2, -0.15) is 0 Å². The van der Waals surface area contributed by atoms with Crippen LogP contribution in [0.15, 0.2) is 36.4 Å². The Labute approximate surface area is 157 Å². The van der Waals surface area contributed by atoms with E-state index < -0.39 is 0 Å². The lowest BCUT2D eigenvalue weighted by molar-refractivity contribution is 0.936. The molecule has 0 saturated heterocycles. The Morgan fingerprint density at radius 1 is 0.593 bits per heavy atom. The van der Waals surface area contributed by atoms with E-state index in [9.17, 15) is 0 Å². The van der Waals surface area contributed by atoms with Crippen LogP contribution < -0.4 is 0 Å². The molecule has 0 spiro atoms. The maximum absolute atomic E-state index is 4.19. The molecule has 0 bridgehead atoms. The summed E-state index contributed by atoms with van der Waals surface area (Å²) < 4.78 is 4.19. The molecule has 0 aliphatic heterocycles. The summed E-state index contributed by atoms with van der Waals surface area (Å²) in [5.74, 6) is 3.59. The summed E-state index contributed by atoms with van der Waals surface area (Å²) in [6.45, 7) is 7.93. The average molecular weight is 356 g/mol. The van der Waals surface area contributed by atoms with Gasteiger partial charge in [0.1, 0.15) is 23.3 Å². The minimum atomic E-state index is 0.898. The van der Waals surface area contributed by atoms with Crippen LogP contribution >= 0.6 is 0 Å². The number of rotatable bonds is 2. The Balaban J connectivity index is 1.67. The van der Waals surface area contributed by atoms with Gasteiger partial charge < -0.3 is 0 Å². The van der Waals surface area contributed by atoms with Gasteiger partial charge in [0.25, 0.3) is 0 Å². The molecule has 0 atom stereocenters. The van der Waals surface area contributed by atoms with E-state index in [0.717, 1.165) is 41.1 Å². The Kier molecular flexibility index (Phi) is 3.31. The molecule has 6 heteroatoms. The normalized spacial score (nSPS) is 12.3. The first-order valence-corrected chi connectivity index (χ1v) is 9.07. The molecule has 0 unspecified atom stereocenters. The van der Waals surface area contributed by atoms with Crippen LogP contribution in [0, 0.1) is 27.7 Å². The lowest BCUT2D eigenvalue weighted by Crippen LogP contribution is -2.01. The molecular formula is C21H20N6. The zero-order valence-corrected chi connectivity index (χ0v) is 15.9. The zero-order chi connectivity index (χ0) is 18.7. The monoisotopic (exact) mass is 356 g/mol. The van der Waals surface area contributed by atoms with E-state index in [1.165, 1.54) is 22.3 Å². The fraction of sp³-hybridized carbons (Fsp3) is 0.238. The second-order valence-electron chi connectivity index (χ2n) is 7.12. The van der Waals surface area contributed by atoms with Gasteiger partial charge in [-0.15, -0.1) is 20.4 Å². The van der Waals surface area contributed by atoms with Crippen molar-refractivity contribution in [3.63, 3.8) is 0 Å². The van der Waals surface area contributed by atoms with Gasteiger partial charge in [-0.3, -0.25) is 9.13 Å². The van der Waals surface area contributed by atoms with Crippen LogP contribution in [0.25, 0.3) is 22.5 Å². The molecule has 5 rings (SSSR count). The summed E-state index contributed by atoms with van der Waals surface area (Å²) in [6, 6.07) is 13.3. The lowest BCUT2D eigenvalue weighted by atomic mass is 10.0. The molecular weight excluding hydrogens is 336 g/mol. The van der Waals surface area contributed by atoms with Crippen molar-refractivity contribution in [1.29, 1.82) is 0 Å². The van der Waals surface area contributed by atoms with Crippen LogP contribution in [0.1, 0.15) is 34.4 Å². The highest BCUT2D eigenvalue weighted by Crippen LogP contribution is 2.39. The van der Waals surface area contributed by atoms with Crippen molar-refractivity contribution < 1.29 is 0 Å². The Morgan fingerprint density at radius 2 is 0.963 bits per heavy atom. The van der Waals surface area contributed by atoms with Crippen LogP contribution in [0.5, 0.6) is 0 Å². The van der Waals surface area contributed by atoms with E-state index >= 15 is 0 Å². The minimum Gasteiger partial charge on any atom is -0.283 e. The quantitative estimate of drug-likeness (QED) is 0.484. The van der Waals surface area contributed by atoms with E-state index in [0.29, 0.717) is 0 Å². The van der Waals surface area contributed by atoms with Crippen molar-refractivity contribution in [2.24, 2.45) is 0 Å². The van der Waals surface area contributed by atoms with Crippen LogP contribution in [0.4, 0.5) is 0 Å². The summed E-state index contributed by atoms with van der Waals surface area (Å²) in [6.07, 6.45) is 0.964. The fourth-order valence-corrected chi connectivity index (χ4v) is 4.11. The maximum Gasteiger partial charge on any atom is 0.134 e. The number of benzene rings is 2. The summed E-state index contributed by atoms with van der Waals surface area (Å²) in [5.41, 5.74) is 7.46. The van der Waals surface area contributed by atoms with E-state index in [-0.39, 0.29) is 0 Å². The minimum absolute atomic E-state index is 0.898. The maximum atomic E-state index is 4.19. The first-order valence-electron chi connectivity index (χ1n) is 9.07. The number of aromatic nitrogens is 6. The van der Waals surface area contributed by atoms with Crippen LogP contribution in [0.3, 0.4) is 0 Å². The third-order valence-corrected chi connectivity index (χ3v) is 5.35. The van der Waals surface area contributed by atoms with Crippen LogP contribution in [-0.4, -0.2) is 29.5 Å². The average Bonchev–Trinajstić information content (AvgIpc) is 3.29. The predicted octanol–water partition coefficient (Wildman–Crippen LogP) is 3.65. The van der Waals surface area contributed by atoms with Crippen molar-refractivity contribution in [2.75, 3.05) is 0 Å². The second kappa shape index (κ2) is 5.61. The molecule has 6 nitrogen and oxygen atoms in total. The number of hydrogen-bond donors (Lipinski definition) is 0. The first kappa shape index (κ1) is 15.9. The highest BCUT2D eigenvalue weighted by molar-refractivity contribution is 5.80. The smallest absolute Gasteiger partial charge is 0.134 e. The summed E-state index contributed by atoms with van der Waals surface area (Å²) in [4.78, 5) is 0. The number of hydrogen-bond acceptors (Lipinski definition) is 4. The molecule has 1 aliphatic carbocycles. The molecule has 134 valence electrons. The number of nitrogens with zero attached hydrogens (tertiary/aromatic N) is 6. The molecule has 0 saturated carbocycles. The van der Waals surface area contributed by atoms with Gasteiger partial charge in [0.2, 0.25) is 0 Å². The van der Waals surface area contributed by atoms with E-state index in [2.05, 4.69) is 65.9 Å². The van der Waals surface area contributed by atoms with E-state index in [1.807, 2.05) is 27.7 Å². The lowest BCUT2D eigenvalue weighted by Gasteiger charge is -2.11. The van der Waals surface area contributed by atoms with Gasteiger partial charge in [-0.1, -0.05) is 12.1 Å². The number of fused-ring (bicyclic) bond motifs is 3. The van der Waals surface area contributed by atoms with E-state index in [1.54, 1.807) is 0 Å². The first-order chi connectivity index (χ1) is 13.0. The van der Waals surface area contributed by atoms with Gasteiger partial charge >= 0.3 is 0 Å². The molecule has 2 aromatic heterocycles. The zero-order valence-electron chi connectivity index (χ0n) is 15.9. The van der Waals surface area contributed by atoms with Gasteiger partial charge in [-0.25, -0.2) is 0 Å². The highest BCUT2D eigenvalue weighted by atomic mass is 15.3. The standard InChI is InChI=1S/C21H20N6/c1-12-22-23-13(2)26(12)18-7-5-16-9-17-6-8-19(11-21(17)20(16)10-18)27-14(3)24-25-15(27)4/h5-8,10-11H,9H2,1-4H3. The molecule has 1 aliphatic rings. The molecule has 0 amide bonds. The van der Waals surface area contributed by atoms with Crippen molar-refractivity contribution in [3.8, 4) is 22.5 Å². The summed E-state index contributed by atoms with van der Waals surface area (Å²) in [7, 11) is 0. The van der Waals surface area contributed by atoms with Gasteiger partial charge in [0.15, 0.2) is 0 Å². The molecule has 2 heterocycles. The van der Waals surface area contributed by atoms with Crippen molar-refractivity contribution in [3.05, 3.63) is 70.8 Å². The molecule has 0 radical (unpaired) electrons. The van der Waals surface area contributed by atoms with Crippen LogP contribution in [0.2, 0.25) is 0 Å². The molecule has 4 aromatic rings. The molecule has 0 fully saturated rings. The fourth-order valence-electron chi connectivity index (χ4n) is 4.11. The summed E-state index contributed by atoms with van der Waals surface area (Å²) >= 11 is 0. The number of aryl methyl sites for hydroxylation is 4. The third kappa shape index (κ3) is 2.33. The second-order valence-corrected chi connectivity index (χ2v) is 7.12. The molecule has 2 aromatic carbocycles. The van der Waals surface area contributed by atoms with Crippen molar-refractivity contribution >= 4 is 0 Å². The van der Waals surface area contributed by atoms with Gasteiger partial charge in [-0.05, 0) is 80.6 Å². The SMILES string of the molecule is Cc1nnc(C)n1-c1ccc2c(c1)-c1cc(-n3c(C)nnc3C)ccc1C2. The van der Waals surface area contributed by atoms with Gasteiger partial charge in [0.05, 0.1) is 0 Å².